The fourth-order valence-electron chi connectivity index (χ4n) is 2.28. The molecule has 1 aromatic rings. The van der Waals surface area contributed by atoms with Crippen LogP contribution in [0.2, 0.25) is 0 Å². The molecule has 0 aromatic carbocycles. The van der Waals surface area contributed by atoms with Gasteiger partial charge in [0.25, 0.3) is 5.91 Å². The van der Waals surface area contributed by atoms with Gasteiger partial charge in [-0.3, -0.25) is 4.79 Å². The van der Waals surface area contributed by atoms with E-state index in [1.54, 1.807) is 25.4 Å². The van der Waals surface area contributed by atoms with Gasteiger partial charge in [0.1, 0.15) is 5.54 Å². The van der Waals surface area contributed by atoms with Crippen LogP contribution in [-0.2, 0) is 4.79 Å². The highest BCUT2D eigenvalue weighted by atomic mass is 16.4. The first-order valence-electron chi connectivity index (χ1n) is 5.74. The summed E-state index contributed by atoms with van der Waals surface area (Å²) in [6.45, 7) is 2.13. The summed E-state index contributed by atoms with van der Waals surface area (Å²) in [5.41, 5.74) is -0.563. The number of nitrogens with zero attached hydrogens (tertiary/aromatic N) is 1. The van der Waals surface area contributed by atoms with Gasteiger partial charge in [0.05, 0.1) is 5.56 Å². The lowest BCUT2D eigenvalue weighted by molar-refractivity contribution is -0.150. The highest BCUT2D eigenvalue weighted by molar-refractivity contribution is 5.97. The Kier molecular flexibility index (Phi) is 2.92. The highest BCUT2D eigenvalue weighted by Gasteiger charge is 2.44. The Morgan fingerprint density at radius 1 is 1.47 bits per heavy atom. The van der Waals surface area contributed by atoms with Gasteiger partial charge in [-0.25, -0.2) is 4.79 Å². The molecule has 2 N–H and O–H groups in total. The number of nitrogens with one attached hydrogen (secondary N) is 1. The monoisotopic (exact) mass is 236 g/mol. The number of carbonyl (C=O) groups is 2. The highest BCUT2D eigenvalue weighted by Crippen LogP contribution is 2.29. The van der Waals surface area contributed by atoms with Crippen molar-refractivity contribution in [3.8, 4) is 0 Å². The summed E-state index contributed by atoms with van der Waals surface area (Å²) >= 11 is 0. The van der Waals surface area contributed by atoms with Crippen LogP contribution >= 0.6 is 0 Å². The Bertz CT molecular complexity index is 427. The summed E-state index contributed by atoms with van der Waals surface area (Å²) < 4.78 is 0. The smallest absolute Gasteiger partial charge is 0.329 e. The molecule has 5 nitrogen and oxygen atoms in total. The van der Waals surface area contributed by atoms with Gasteiger partial charge in [0.2, 0.25) is 0 Å². The Balaban J connectivity index is 2.29. The number of likely N-dealkylation sites (tertiary alicyclic amines) is 1. The molecule has 1 atom stereocenters. The van der Waals surface area contributed by atoms with Crippen molar-refractivity contribution in [2.45, 2.75) is 31.7 Å². The van der Waals surface area contributed by atoms with Crippen molar-refractivity contribution >= 4 is 11.9 Å². The maximum Gasteiger partial charge on any atom is 0.329 e. The number of hydrogen-bond donors (Lipinski definition) is 2. The molecule has 0 radical (unpaired) electrons. The topological polar surface area (TPSA) is 73.4 Å². The minimum Gasteiger partial charge on any atom is -0.480 e. The molecule has 1 aliphatic heterocycles. The molecule has 1 saturated heterocycles. The second kappa shape index (κ2) is 4.24. The Morgan fingerprint density at radius 2 is 2.24 bits per heavy atom. The predicted molar refractivity (Wildman–Crippen MR) is 61.7 cm³/mol. The zero-order chi connectivity index (χ0) is 12.5. The van der Waals surface area contributed by atoms with E-state index in [2.05, 4.69) is 4.98 Å². The Morgan fingerprint density at radius 3 is 2.82 bits per heavy atom. The Hall–Kier alpha value is -1.78. The second-order valence-electron chi connectivity index (χ2n) is 4.59. The van der Waals surface area contributed by atoms with Crippen LogP contribution in [-0.4, -0.2) is 39.0 Å². The summed E-state index contributed by atoms with van der Waals surface area (Å²) in [5, 5.41) is 9.31. The van der Waals surface area contributed by atoms with Crippen LogP contribution in [0, 0.1) is 0 Å². The third kappa shape index (κ3) is 1.92. The zero-order valence-electron chi connectivity index (χ0n) is 9.77. The van der Waals surface area contributed by atoms with Gasteiger partial charge in [-0.1, -0.05) is 0 Å². The SMILES string of the molecule is CC1(C(=O)O)CCCCN1C(=O)c1cc[nH]c1. The maximum atomic E-state index is 12.2. The lowest BCUT2D eigenvalue weighted by Gasteiger charge is -2.41. The van der Waals surface area contributed by atoms with Crippen molar-refractivity contribution < 1.29 is 14.7 Å². The van der Waals surface area contributed by atoms with E-state index in [9.17, 15) is 14.7 Å². The number of H-pyrrole nitrogens is 1. The fourth-order valence-corrected chi connectivity index (χ4v) is 2.28. The van der Waals surface area contributed by atoms with E-state index in [4.69, 9.17) is 0 Å². The Labute approximate surface area is 99.4 Å². The van der Waals surface area contributed by atoms with Crippen LogP contribution in [0.25, 0.3) is 0 Å². The van der Waals surface area contributed by atoms with Crippen molar-refractivity contribution in [3.05, 3.63) is 24.0 Å². The molecule has 0 aliphatic carbocycles. The van der Waals surface area contributed by atoms with Crippen LogP contribution < -0.4 is 0 Å². The van der Waals surface area contributed by atoms with Gasteiger partial charge < -0.3 is 15.0 Å². The maximum absolute atomic E-state index is 12.2. The number of carboxylic acids is 1. The molecular formula is C12H16N2O3. The summed E-state index contributed by atoms with van der Waals surface area (Å²) in [4.78, 5) is 27.9. The standard InChI is InChI=1S/C12H16N2O3/c1-12(11(16)17)5-2-3-7-14(12)10(15)9-4-6-13-8-9/h4,6,8,13H,2-3,5,7H2,1H3,(H,16,17). The minimum absolute atomic E-state index is 0.212. The van der Waals surface area contributed by atoms with E-state index >= 15 is 0 Å². The van der Waals surface area contributed by atoms with Crippen LogP contribution in [0.4, 0.5) is 0 Å². The number of carboxylic acid groups (broad SMARTS) is 1. The van der Waals surface area contributed by atoms with Gasteiger partial charge in [-0.05, 0) is 32.3 Å². The van der Waals surface area contributed by atoms with Crippen molar-refractivity contribution in [2.75, 3.05) is 6.54 Å². The number of aromatic amines is 1. The van der Waals surface area contributed by atoms with Crippen molar-refractivity contribution in [1.82, 2.24) is 9.88 Å². The number of amides is 1. The fraction of sp³-hybridized carbons (Fsp3) is 0.500. The average Bonchev–Trinajstić information content (AvgIpc) is 2.82. The number of aromatic nitrogens is 1. The third-order valence-electron chi connectivity index (χ3n) is 3.44. The molecule has 1 fully saturated rings. The molecule has 1 unspecified atom stereocenters. The molecule has 2 rings (SSSR count). The summed E-state index contributed by atoms with van der Waals surface area (Å²) in [6.07, 6.45) is 5.48. The second-order valence-corrected chi connectivity index (χ2v) is 4.59. The lowest BCUT2D eigenvalue weighted by Crippen LogP contribution is -2.57. The zero-order valence-corrected chi connectivity index (χ0v) is 9.77. The van der Waals surface area contributed by atoms with Gasteiger partial charge in [0, 0.05) is 18.9 Å². The van der Waals surface area contributed by atoms with Gasteiger partial charge in [0.15, 0.2) is 0 Å². The van der Waals surface area contributed by atoms with Gasteiger partial charge >= 0.3 is 5.97 Å². The number of rotatable bonds is 2. The first-order chi connectivity index (χ1) is 8.05. The quantitative estimate of drug-likeness (QED) is 0.817. The van der Waals surface area contributed by atoms with E-state index in [1.165, 1.54) is 4.90 Å². The molecule has 1 aliphatic rings. The molecule has 0 bridgehead atoms. The minimum atomic E-state index is -1.08. The van der Waals surface area contributed by atoms with E-state index in [-0.39, 0.29) is 5.91 Å². The van der Waals surface area contributed by atoms with Crippen molar-refractivity contribution in [2.24, 2.45) is 0 Å². The molecule has 92 valence electrons. The molecular weight excluding hydrogens is 220 g/mol. The van der Waals surface area contributed by atoms with Crippen LogP contribution in [0.3, 0.4) is 0 Å². The first-order valence-corrected chi connectivity index (χ1v) is 5.74. The molecule has 0 spiro atoms. The van der Waals surface area contributed by atoms with Crippen molar-refractivity contribution in [1.29, 1.82) is 0 Å². The lowest BCUT2D eigenvalue weighted by atomic mass is 9.88. The number of aliphatic carboxylic acids is 1. The van der Waals surface area contributed by atoms with Crippen LogP contribution in [0.15, 0.2) is 18.5 Å². The van der Waals surface area contributed by atoms with E-state index in [0.29, 0.717) is 18.5 Å². The molecule has 0 saturated carbocycles. The number of piperidine rings is 1. The third-order valence-corrected chi connectivity index (χ3v) is 3.44. The molecule has 1 aromatic heterocycles. The molecule has 1 amide bonds. The number of hydrogen-bond acceptors (Lipinski definition) is 2. The molecule has 17 heavy (non-hydrogen) atoms. The number of carbonyl (C=O) groups excluding carboxylic acids is 1. The van der Waals surface area contributed by atoms with Crippen molar-refractivity contribution in [3.63, 3.8) is 0 Å². The largest absolute Gasteiger partial charge is 0.480 e. The molecule has 2 heterocycles. The van der Waals surface area contributed by atoms with Crippen LogP contribution in [0.5, 0.6) is 0 Å². The van der Waals surface area contributed by atoms with Gasteiger partial charge in [-0.15, -0.1) is 0 Å². The summed E-state index contributed by atoms with van der Waals surface area (Å²) in [6, 6.07) is 1.67. The average molecular weight is 236 g/mol. The van der Waals surface area contributed by atoms with E-state index in [1.807, 2.05) is 0 Å². The first kappa shape index (κ1) is 11.7. The summed E-state index contributed by atoms with van der Waals surface area (Å²) in [5.74, 6) is -1.14. The predicted octanol–water partition coefficient (Wildman–Crippen LogP) is 1.48. The normalized spacial score (nSPS) is 24.6. The summed E-state index contributed by atoms with van der Waals surface area (Å²) in [7, 11) is 0. The molecule has 5 heteroatoms. The van der Waals surface area contributed by atoms with Crippen LogP contribution in [0.1, 0.15) is 36.5 Å². The van der Waals surface area contributed by atoms with E-state index < -0.39 is 11.5 Å². The van der Waals surface area contributed by atoms with Gasteiger partial charge in [-0.2, -0.15) is 0 Å². The van der Waals surface area contributed by atoms with E-state index in [0.717, 1.165) is 12.8 Å².